The number of rotatable bonds is 7. The van der Waals surface area contributed by atoms with E-state index in [0.29, 0.717) is 16.3 Å². The summed E-state index contributed by atoms with van der Waals surface area (Å²) < 4.78 is 27.5. The second-order valence-electron chi connectivity index (χ2n) is 5.53. The highest BCUT2D eigenvalue weighted by molar-refractivity contribution is 7.92. The third kappa shape index (κ3) is 4.62. The van der Waals surface area contributed by atoms with Crippen LogP contribution in [0.25, 0.3) is 0 Å². The van der Waals surface area contributed by atoms with Crippen molar-refractivity contribution in [3.05, 3.63) is 57.0 Å². The molecule has 0 bridgehead atoms. The Kier molecular flexibility index (Phi) is 6.80. The van der Waals surface area contributed by atoms with Gasteiger partial charge in [0.1, 0.15) is 0 Å². The number of carboxylic acids is 1. The molecular formula is C17H16Cl3NO4S. The van der Waals surface area contributed by atoms with Gasteiger partial charge in [-0.25, -0.2) is 8.42 Å². The molecule has 9 heteroatoms. The van der Waals surface area contributed by atoms with E-state index < -0.39 is 16.0 Å². The second-order valence-corrected chi connectivity index (χ2v) is 8.62. The van der Waals surface area contributed by atoms with Gasteiger partial charge in [0, 0.05) is 18.0 Å². The number of carbonyl (C=O) groups is 1. The molecule has 140 valence electrons. The Labute approximate surface area is 167 Å². The molecule has 0 amide bonds. The third-order valence-corrected chi connectivity index (χ3v) is 6.70. The van der Waals surface area contributed by atoms with Crippen molar-refractivity contribution in [2.75, 3.05) is 10.8 Å². The number of hydrogen-bond donors (Lipinski definition) is 1. The lowest BCUT2D eigenvalue weighted by Gasteiger charge is -2.26. The van der Waals surface area contributed by atoms with E-state index in [0.717, 1.165) is 4.31 Å². The first-order valence-corrected chi connectivity index (χ1v) is 10.2. The van der Waals surface area contributed by atoms with Crippen molar-refractivity contribution in [3.63, 3.8) is 0 Å². The highest BCUT2D eigenvalue weighted by Crippen LogP contribution is 2.33. The molecule has 26 heavy (non-hydrogen) atoms. The molecule has 0 aromatic heterocycles. The van der Waals surface area contributed by atoms with Crippen molar-refractivity contribution in [2.24, 2.45) is 0 Å². The maximum absolute atomic E-state index is 13.2. The van der Waals surface area contributed by atoms with Gasteiger partial charge in [0.25, 0.3) is 10.0 Å². The van der Waals surface area contributed by atoms with Gasteiger partial charge in [-0.05, 0) is 49.2 Å². The molecule has 0 heterocycles. The number of nitrogens with zero attached hydrogens (tertiary/aromatic N) is 1. The van der Waals surface area contributed by atoms with Crippen LogP contribution >= 0.6 is 34.8 Å². The van der Waals surface area contributed by atoms with Crippen molar-refractivity contribution in [1.29, 1.82) is 0 Å². The predicted molar refractivity (Wildman–Crippen MR) is 104 cm³/mol. The lowest BCUT2D eigenvalue weighted by molar-refractivity contribution is -0.137. The minimum absolute atomic E-state index is 0.0178. The van der Waals surface area contributed by atoms with Crippen LogP contribution < -0.4 is 4.31 Å². The summed E-state index contributed by atoms with van der Waals surface area (Å²) in [5.41, 5.74) is 0.960. The van der Waals surface area contributed by atoms with Gasteiger partial charge < -0.3 is 5.11 Å². The van der Waals surface area contributed by atoms with Gasteiger partial charge in [-0.15, -0.1) is 0 Å². The molecular weight excluding hydrogens is 421 g/mol. The Bertz CT molecular complexity index is 932. The van der Waals surface area contributed by atoms with Crippen LogP contribution in [0.1, 0.15) is 18.4 Å². The molecule has 0 aliphatic heterocycles. The molecule has 0 atom stereocenters. The molecule has 2 aromatic rings. The van der Waals surface area contributed by atoms with E-state index in [-0.39, 0.29) is 34.3 Å². The molecule has 2 aromatic carbocycles. The lowest BCUT2D eigenvalue weighted by Crippen LogP contribution is -2.33. The number of aliphatic carboxylic acids is 1. The molecule has 0 radical (unpaired) electrons. The van der Waals surface area contributed by atoms with Gasteiger partial charge >= 0.3 is 5.97 Å². The van der Waals surface area contributed by atoms with Gasteiger partial charge in [-0.3, -0.25) is 9.10 Å². The van der Waals surface area contributed by atoms with Gasteiger partial charge in [0.05, 0.1) is 20.6 Å². The summed E-state index contributed by atoms with van der Waals surface area (Å²) in [6, 6.07) is 8.94. The molecule has 0 fully saturated rings. The van der Waals surface area contributed by atoms with Gasteiger partial charge in [0.15, 0.2) is 0 Å². The topological polar surface area (TPSA) is 74.7 Å². The molecule has 0 spiro atoms. The summed E-state index contributed by atoms with van der Waals surface area (Å²) in [6.45, 7) is 1.68. The van der Waals surface area contributed by atoms with Crippen LogP contribution in [0.5, 0.6) is 0 Å². The zero-order chi connectivity index (χ0) is 19.5. The fourth-order valence-corrected chi connectivity index (χ4v) is 4.49. The minimum atomic E-state index is -3.99. The van der Waals surface area contributed by atoms with Gasteiger partial charge in [0.2, 0.25) is 0 Å². The minimum Gasteiger partial charge on any atom is -0.481 e. The van der Waals surface area contributed by atoms with Crippen LogP contribution in [0.3, 0.4) is 0 Å². The number of carboxylic acid groups (broad SMARTS) is 1. The van der Waals surface area contributed by atoms with Crippen molar-refractivity contribution in [3.8, 4) is 0 Å². The van der Waals surface area contributed by atoms with E-state index in [9.17, 15) is 13.2 Å². The standard InChI is InChI=1S/C17H16Cl3NO4S/c1-11-13(18)4-2-5-16(11)21(9-3-6-17(22)23)26(24,25)12-7-8-14(19)15(20)10-12/h2,4-5,7-8,10H,3,6,9H2,1H3,(H,22,23). The van der Waals surface area contributed by atoms with Crippen molar-refractivity contribution < 1.29 is 18.3 Å². The molecule has 0 saturated carbocycles. The van der Waals surface area contributed by atoms with Crippen LogP contribution in [-0.4, -0.2) is 26.0 Å². The quantitative estimate of drug-likeness (QED) is 0.661. The molecule has 0 unspecified atom stereocenters. The highest BCUT2D eigenvalue weighted by atomic mass is 35.5. The fourth-order valence-electron chi connectivity index (χ4n) is 2.37. The van der Waals surface area contributed by atoms with Crippen LogP contribution in [0, 0.1) is 6.92 Å². The Morgan fingerprint density at radius 2 is 1.77 bits per heavy atom. The maximum Gasteiger partial charge on any atom is 0.303 e. The summed E-state index contributed by atoms with van der Waals surface area (Å²) in [4.78, 5) is 10.8. The smallest absolute Gasteiger partial charge is 0.303 e. The summed E-state index contributed by atoms with van der Waals surface area (Å²) in [7, 11) is -3.99. The number of anilines is 1. The number of benzene rings is 2. The fraction of sp³-hybridized carbons (Fsp3) is 0.235. The Hall–Kier alpha value is -1.47. The van der Waals surface area contributed by atoms with Crippen LogP contribution in [-0.2, 0) is 14.8 Å². The monoisotopic (exact) mass is 435 g/mol. The summed E-state index contributed by atoms with van der Waals surface area (Å²) in [6.07, 6.45) is -0.0190. The maximum atomic E-state index is 13.2. The summed E-state index contributed by atoms with van der Waals surface area (Å²) in [5, 5.41) is 9.62. The molecule has 0 aliphatic carbocycles. The molecule has 2 rings (SSSR count). The van der Waals surface area contributed by atoms with E-state index in [1.807, 2.05) is 0 Å². The average molecular weight is 437 g/mol. The molecule has 0 saturated heterocycles. The molecule has 1 N–H and O–H groups in total. The van der Waals surface area contributed by atoms with E-state index in [1.165, 1.54) is 18.2 Å². The zero-order valence-corrected chi connectivity index (χ0v) is 16.8. The normalized spacial score (nSPS) is 11.4. The van der Waals surface area contributed by atoms with Crippen molar-refractivity contribution >= 4 is 56.5 Å². The highest BCUT2D eigenvalue weighted by Gasteiger charge is 2.27. The predicted octanol–water partition coefficient (Wildman–Crippen LogP) is 5.02. The number of sulfonamides is 1. The Morgan fingerprint density at radius 3 is 2.38 bits per heavy atom. The first kappa shape index (κ1) is 20.8. The van der Waals surface area contributed by atoms with E-state index >= 15 is 0 Å². The SMILES string of the molecule is Cc1c(Cl)cccc1N(CCCC(=O)O)S(=O)(=O)c1ccc(Cl)c(Cl)c1. The summed E-state index contributed by atoms with van der Waals surface area (Å²) in [5.74, 6) is -1.00. The van der Waals surface area contributed by atoms with E-state index in [4.69, 9.17) is 39.9 Å². The van der Waals surface area contributed by atoms with Crippen LogP contribution in [0.2, 0.25) is 15.1 Å². The van der Waals surface area contributed by atoms with Crippen molar-refractivity contribution in [1.82, 2.24) is 0 Å². The van der Waals surface area contributed by atoms with Gasteiger partial charge in [-0.2, -0.15) is 0 Å². The largest absolute Gasteiger partial charge is 0.481 e. The first-order chi connectivity index (χ1) is 12.1. The third-order valence-electron chi connectivity index (χ3n) is 3.74. The van der Waals surface area contributed by atoms with Crippen molar-refractivity contribution in [2.45, 2.75) is 24.7 Å². The molecule has 5 nitrogen and oxygen atoms in total. The van der Waals surface area contributed by atoms with E-state index in [2.05, 4.69) is 0 Å². The first-order valence-electron chi connectivity index (χ1n) is 7.59. The van der Waals surface area contributed by atoms with E-state index in [1.54, 1.807) is 25.1 Å². The lowest BCUT2D eigenvalue weighted by atomic mass is 10.2. The second kappa shape index (κ2) is 8.48. The zero-order valence-electron chi connectivity index (χ0n) is 13.7. The molecule has 0 aliphatic rings. The van der Waals surface area contributed by atoms with Crippen LogP contribution in [0.15, 0.2) is 41.3 Å². The summed E-state index contributed by atoms with van der Waals surface area (Å²) >= 11 is 18.0. The Balaban J connectivity index is 2.52. The number of halogens is 3. The van der Waals surface area contributed by atoms with Gasteiger partial charge in [-0.1, -0.05) is 40.9 Å². The number of hydrogen-bond acceptors (Lipinski definition) is 3. The average Bonchev–Trinajstić information content (AvgIpc) is 2.56. The Morgan fingerprint density at radius 1 is 1.08 bits per heavy atom. The van der Waals surface area contributed by atoms with Crippen LogP contribution in [0.4, 0.5) is 5.69 Å².